The number of anilines is 1. The van der Waals surface area contributed by atoms with Crippen LogP contribution in [0.25, 0.3) is 0 Å². The largest absolute Gasteiger partial charge is 0.399 e. The average molecular weight is 301 g/mol. The summed E-state index contributed by atoms with van der Waals surface area (Å²) in [5, 5.41) is 9.21. The third kappa shape index (κ3) is 3.13. The second-order valence-corrected chi connectivity index (χ2v) is 4.73. The molecule has 0 saturated heterocycles. The van der Waals surface area contributed by atoms with Gasteiger partial charge in [-0.3, -0.25) is 0 Å². The molecule has 18 heavy (non-hydrogen) atoms. The molecule has 2 rings (SSSR count). The Morgan fingerprint density at radius 2 is 1.39 bits per heavy atom. The molecular weight excluding hydrogens is 293 g/mol. The first kappa shape index (κ1) is 13.1. The van der Waals surface area contributed by atoms with Crippen LogP contribution in [0, 0.1) is 0 Å². The van der Waals surface area contributed by atoms with E-state index in [1.165, 1.54) is 6.07 Å². The summed E-state index contributed by atoms with van der Waals surface area (Å²) < 4.78 is 0. The van der Waals surface area contributed by atoms with Gasteiger partial charge >= 0.3 is 0 Å². The minimum absolute atomic E-state index is 0.382. The van der Waals surface area contributed by atoms with Crippen molar-refractivity contribution in [2.75, 3.05) is 5.73 Å². The van der Waals surface area contributed by atoms with Gasteiger partial charge in [-0.25, -0.2) is 0 Å². The lowest BCUT2D eigenvalue weighted by Gasteiger charge is -2.00. The highest BCUT2D eigenvalue weighted by atomic mass is 35.5. The zero-order valence-electron chi connectivity index (χ0n) is 9.07. The van der Waals surface area contributed by atoms with E-state index in [-0.39, 0.29) is 0 Å². The van der Waals surface area contributed by atoms with E-state index in [4.69, 9.17) is 40.5 Å². The minimum atomic E-state index is 0.382. The number of rotatable bonds is 2. The van der Waals surface area contributed by atoms with Gasteiger partial charge < -0.3 is 5.73 Å². The summed E-state index contributed by atoms with van der Waals surface area (Å²) in [6, 6.07) is 10.1. The first-order valence-corrected chi connectivity index (χ1v) is 6.11. The molecule has 0 radical (unpaired) electrons. The first-order chi connectivity index (χ1) is 8.56. The van der Waals surface area contributed by atoms with Crippen LogP contribution < -0.4 is 5.73 Å². The topological polar surface area (TPSA) is 50.7 Å². The Labute approximate surface area is 119 Å². The summed E-state index contributed by atoms with van der Waals surface area (Å²) in [4.78, 5) is 0. The van der Waals surface area contributed by atoms with Gasteiger partial charge in [-0.1, -0.05) is 34.8 Å². The zero-order valence-corrected chi connectivity index (χ0v) is 11.3. The third-order valence-electron chi connectivity index (χ3n) is 2.16. The van der Waals surface area contributed by atoms with E-state index in [9.17, 15) is 0 Å². The summed E-state index contributed by atoms with van der Waals surface area (Å²) in [7, 11) is 0. The number of halogens is 3. The van der Waals surface area contributed by atoms with Crippen LogP contribution in [0.15, 0.2) is 46.6 Å². The second kappa shape index (κ2) is 5.57. The van der Waals surface area contributed by atoms with Gasteiger partial charge in [-0.15, -0.1) is 5.11 Å². The predicted octanol–water partition coefficient (Wildman–Crippen LogP) is 5.64. The minimum Gasteiger partial charge on any atom is -0.399 e. The van der Waals surface area contributed by atoms with Crippen LogP contribution in [-0.4, -0.2) is 0 Å². The third-order valence-corrected chi connectivity index (χ3v) is 3.18. The lowest BCUT2D eigenvalue weighted by Crippen LogP contribution is -1.80. The van der Waals surface area contributed by atoms with Crippen molar-refractivity contribution in [3.63, 3.8) is 0 Å². The molecule has 0 amide bonds. The fourth-order valence-corrected chi connectivity index (χ4v) is 1.82. The van der Waals surface area contributed by atoms with E-state index >= 15 is 0 Å². The van der Waals surface area contributed by atoms with Crippen molar-refractivity contribution in [2.24, 2.45) is 10.2 Å². The van der Waals surface area contributed by atoms with Gasteiger partial charge in [0.1, 0.15) is 5.69 Å². The van der Waals surface area contributed by atoms with Gasteiger partial charge in [0.05, 0.1) is 20.8 Å². The van der Waals surface area contributed by atoms with E-state index in [1.54, 1.807) is 30.3 Å². The maximum Gasteiger partial charge on any atom is 0.106 e. The Bertz CT molecular complexity index is 594. The van der Waals surface area contributed by atoms with Crippen LogP contribution in [0.3, 0.4) is 0 Å². The number of benzene rings is 2. The second-order valence-electron chi connectivity index (χ2n) is 3.51. The van der Waals surface area contributed by atoms with E-state index in [0.717, 1.165) is 0 Å². The Morgan fingerprint density at radius 1 is 0.778 bits per heavy atom. The van der Waals surface area contributed by atoms with Crippen LogP contribution >= 0.6 is 34.8 Å². The molecule has 2 aromatic carbocycles. The molecule has 0 bridgehead atoms. The van der Waals surface area contributed by atoms with E-state index in [1.807, 2.05) is 0 Å². The molecule has 0 aliphatic heterocycles. The summed E-state index contributed by atoms with van der Waals surface area (Å²) >= 11 is 17.7. The SMILES string of the molecule is Nc1ccc(N=Nc2cc(Cl)c(Cl)cc2Cl)cc1. The van der Waals surface area contributed by atoms with E-state index in [0.29, 0.717) is 32.1 Å². The van der Waals surface area contributed by atoms with Gasteiger partial charge in [0.2, 0.25) is 0 Å². The predicted molar refractivity (Wildman–Crippen MR) is 76.5 cm³/mol. The summed E-state index contributed by atoms with van der Waals surface area (Å²) in [5.41, 5.74) is 7.37. The number of hydrogen-bond donors (Lipinski definition) is 1. The quantitative estimate of drug-likeness (QED) is 0.435. The van der Waals surface area contributed by atoms with E-state index in [2.05, 4.69) is 10.2 Å². The number of hydrogen-bond acceptors (Lipinski definition) is 3. The standard InChI is InChI=1S/C12H8Cl3N3/c13-9-5-11(15)12(6-10(9)14)18-17-8-3-1-7(16)2-4-8/h1-6H,16H2. The average Bonchev–Trinajstić information content (AvgIpc) is 2.34. The number of nitrogens with two attached hydrogens (primary N) is 1. The monoisotopic (exact) mass is 299 g/mol. The smallest absolute Gasteiger partial charge is 0.106 e. The van der Waals surface area contributed by atoms with Crippen molar-refractivity contribution in [2.45, 2.75) is 0 Å². The van der Waals surface area contributed by atoms with Crippen molar-refractivity contribution >= 4 is 51.9 Å². The van der Waals surface area contributed by atoms with Crippen molar-refractivity contribution < 1.29 is 0 Å². The highest BCUT2D eigenvalue weighted by molar-refractivity contribution is 6.43. The summed E-state index contributed by atoms with van der Waals surface area (Å²) in [6.45, 7) is 0. The first-order valence-electron chi connectivity index (χ1n) is 4.98. The Hall–Kier alpha value is -1.29. The van der Waals surface area contributed by atoms with Crippen molar-refractivity contribution in [3.05, 3.63) is 51.5 Å². The van der Waals surface area contributed by atoms with Gasteiger partial charge in [-0.2, -0.15) is 5.11 Å². The Kier molecular flexibility index (Phi) is 4.07. The van der Waals surface area contributed by atoms with Gasteiger partial charge in [0.25, 0.3) is 0 Å². The molecule has 0 fully saturated rings. The molecule has 0 aliphatic rings. The highest BCUT2D eigenvalue weighted by Gasteiger charge is 2.05. The molecule has 2 aromatic rings. The van der Waals surface area contributed by atoms with Crippen LogP contribution in [0.1, 0.15) is 0 Å². The maximum absolute atomic E-state index is 5.98. The molecular formula is C12H8Cl3N3. The van der Waals surface area contributed by atoms with Crippen LogP contribution in [0.5, 0.6) is 0 Å². The van der Waals surface area contributed by atoms with Gasteiger partial charge in [0.15, 0.2) is 0 Å². The summed E-state index contributed by atoms with van der Waals surface area (Å²) in [6.07, 6.45) is 0. The number of azo groups is 1. The number of nitrogen functional groups attached to an aromatic ring is 1. The number of nitrogens with zero attached hydrogens (tertiary/aromatic N) is 2. The van der Waals surface area contributed by atoms with Crippen molar-refractivity contribution in [3.8, 4) is 0 Å². The zero-order chi connectivity index (χ0) is 13.1. The fourth-order valence-electron chi connectivity index (χ4n) is 1.24. The Balaban J connectivity index is 2.28. The van der Waals surface area contributed by atoms with Crippen molar-refractivity contribution in [1.82, 2.24) is 0 Å². The van der Waals surface area contributed by atoms with Crippen LogP contribution in [0.2, 0.25) is 15.1 Å². The normalized spacial score (nSPS) is 11.1. The molecule has 0 spiro atoms. The molecule has 0 aliphatic carbocycles. The van der Waals surface area contributed by atoms with Crippen LogP contribution in [-0.2, 0) is 0 Å². The lowest BCUT2D eigenvalue weighted by atomic mass is 10.3. The summed E-state index contributed by atoms with van der Waals surface area (Å²) in [5.74, 6) is 0. The molecule has 6 heteroatoms. The molecule has 3 nitrogen and oxygen atoms in total. The Morgan fingerprint density at radius 3 is 2.06 bits per heavy atom. The fraction of sp³-hybridized carbons (Fsp3) is 0. The van der Waals surface area contributed by atoms with E-state index < -0.39 is 0 Å². The molecule has 0 saturated carbocycles. The maximum atomic E-state index is 5.98. The molecule has 92 valence electrons. The highest BCUT2D eigenvalue weighted by Crippen LogP contribution is 2.34. The molecule has 0 heterocycles. The van der Waals surface area contributed by atoms with Gasteiger partial charge in [0, 0.05) is 5.69 Å². The molecule has 0 atom stereocenters. The molecule has 0 unspecified atom stereocenters. The molecule has 0 aromatic heterocycles. The molecule has 2 N–H and O–H groups in total. The van der Waals surface area contributed by atoms with Crippen LogP contribution in [0.4, 0.5) is 17.1 Å². The van der Waals surface area contributed by atoms with Gasteiger partial charge in [-0.05, 0) is 36.4 Å². The van der Waals surface area contributed by atoms with Crippen molar-refractivity contribution in [1.29, 1.82) is 0 Å². The lowest BCUT2D eigenvalue weighted by molar-refractivity contribution is 1.23.